The van der Waals surface area contributed by atoms with Crippen LogP contribution in [-0.4, -0.2) is 28.9 Å². The van der Waals surface area contributed by atoms with Gasteiger partial charge in [0.1, 0.15) is 0 Å². The highest BCUT2D eigenvalue weighted by Crippen LogP contribution is 2.45. The maximum absolute atomic E-state index is 3.06. The van der Waals surface area contributed by atoms with Crippen LogP contribution in [0.2, 0.25) is 0 Å². The summed E-state index contributed by atoms with van der Waals surface area (Å²) in [5.74, 6) is 1.62. The standard InChI is InChI=1S/C11H25NP2/c1-8(2)10-5-6-12(9(3)4)7-11(10,13)14/h8-10H,5-7,13-14H2,1-4H3. The molecule has 0 radical (unpaired) electrons. The second-order valence-electron chi connectivity index (χ2n) is 5.32. The molecule has 1 aliphatic rings. The van der Waals surface area contributed by atoms with Gasteiger partial charge in [-0.1, -0.05) is 13.8 Å². The molecule has 1 saturated heterocycles. The summed E-state index contributed by atoms with van der Waals surface area (Å²) in [7, 11) is 6.12. The molecule has 3 heteroatoms. The van der Waals surface area contributed by atoms with Gasteiger partial charge >= 0.3 is 0 Å². The molecular formula is C11H25NP2. The first-order chi connectivity index (χ1) is 6.34. The number of likely N-dealkylation sites (tertiary alicyclic amines) is 1. The van der Waals surface area contributed by atoms with E-state index in [1.165, 1.54) is 19.5 Å². The molecule has 0 saturated carbocycles. The molecule has 0 aromatic heterocycles. The first-order valence-electron chi connectivity index (χ1n) is 5.66. The van der Waals surface area contributed by atoms with Gasteiger partial charge in [0.2, 0.25) is 0 Å². The van der Waals surface area contributed by atoms with Crippen molar-refractivity contribution in [3.8, 4) is 0 Å². The van der Waals surface area contributed by atoms with E-state index in [1.807, 2.05) is 0 Å². The second kappa shape index (κ2) is 4.77. The Morgan fingerprint density at radius 1 is 1.21 bits per heavy atom. The topological polar surface area (TPSA) is 3.24 Å². The predicted octanol–water partition coefficient (Wildman–Crippen LogP) is 2.82. The van der Waals surface area contributed by atoms with Crippen molar-refractivity contribution in [3.63, 3.8) is 0 Å². The third-order valence-electron chi connectivity index (χ3n) is 3.43. The zero-order chi connectivity index (χ0) is 10.9. The van der Waals surface area contributed by atoms with Gasteiger partial charge in [-0.05, 0) is 38.6 Å². The molecule has 0 amide bonds. The SMILES string of the molecule is CC(C)C1CCN(C(C)C)CC1(P)P. The van der Waals surface area contributed by atoms with Gasteiger partial charge in [-0.25, -0.2) is 0 Å². The van der Waals surface area contributed by atoms with Crippen LogP contribution < -0.4 is 0 Å². The predicted molar refractivity (Wildman–Crippen MR) is 71.8 cm³/mol. The molecule has 1 rings (SSSR count). The molecule has 14 heavy (non-hydrogen) atoms. The highest BCUT2D eigenvalue weighted by atomic mass is 31.1. The summed E-state index contributed by atoms with van der Waals surface area (Å²) in [5, 5.41) is 0. The Bertz CT molecular complexity index is 190. The molecule has 0 aliphatic carbocycles. The maximum Gasteiger partial charge on any atom is 0.0150 e. The molecule has 1 aliphatic heterocycles. The quantitative estimate of drug-likeness (QED) is 0.663. The van der Waals surface area contributed by atoms with Gasteiger partial charge in [0.25, 0.3) is 0 Å². The summed E-state index contributed by atoms with van der Waals surface area (Å²) in [4.78, 5) is 2.91. The van der Waals surface area contributed by atoms with Crippen molar-refractivity contribution < 1.29 is 0 Å². The van der Waals surface area contributed by atoms with Crippen molar-refractivity contribution in [2.75, 3.05) is 13.1 Å². The number of piperidine rings is 1. The molecule has 3 unspecified atom stereocenters. The molecule has 84 valence electrons. The third-order valence-corrected chi connectivity index (χ3v) is 4.65. The van der Waals surface area contributed by atoms with E-state index in [1.54, 1.807) is 0 Å². The van der Waals surface area contributed by atoms with E-state index >= 15 is 0 Å². The molecule has 0 aromatic rings. The minimum Gasteiger partial charge on any atom is -0.300 e. The number of hydrogen-bond acceptors (Lipinski definition) is 1. The van der Waals surface area contributed by atoms with Gasteiger partial charge in [0, 0.05) is 17.5 Å². The van der Waals surface area contributed by atoms with Crippen LogP contribution in [0.1, 0.15) is 34.1 Å². The zero-order valence-corrected chi connectivity index (χ0v) is 12.3. The summed E-state index contributed by atoms with van der Waals surface area (Å²) in [5.41, 5.74) is 0. The van der Waals surface area contributed by atoms with E-state index < -0.39 is 0 Å². The van der Waals surface area contributed by atoms with E-state index in [9.17, 15) is 0 Å². The van der Waals surface area contributed by atoms with Gasteiger partial charge in [0.15, 0.2) is 0 Å². The van der Waals surface area contributed by atoms with E-state index in [-0.39, 0.29) is 0 Å². The normalized spacial score (nSPS) is 28.7. The Morgan fingerprint density at radius 3 is 2.14 bits per heavy atom. The molecule has 1 fully saturated rings. The minimum absolute atomic E-state index is 0.330. The Morgan fingerprint density at radius 2 is 1.79 bits per heavy atom. The van der Waals surface area contributed by atoms with Gasteiger partial charge in [-0.3, -0.25) is 4.90 Å². The van der Waals surface area contributed by atoms with Gasteiger partial charge in [-0.2, -0.15) is 0 Å². The largest absolute Gasteiger partial charge is 0.300 e. The minimum atomic E-state index is 0.330. The Labute approximate surface area is 93.8 Å². The van der Waals surface area contributed by atoms with Crippen LogP contribution in [0.4, 0.5) is 0 Å². The van der Waals surface area contributed by atoms with Gasteiger partial charge in [-0.15, -0.1) is 18.5 Å². The highest BCUT2D eigenvalue weighted by molar-refractivity contribution is 7.40. The summed E-state index contributed by atoms with van der Waals surface area (Å²) in [6, 6.07) is 0.684. The van der Waals surface area contributed by atoms with Crippen LogP contribution >= 0.6 is 18.5 Å². The van der Waals surface area contributed by atoms with Crippen molar-refractivity contribution in [2.24, 2.45) is 11.8 Å². The van der Waals surface area contributed by atoms with E-state index in [0.29, 0.717) is 10.9 Å². The Kier molecular flexibility index (Phi) is 4.39. The fourth-order valence-electron chi connectivity index (χ4n) is 2.52. The summed E-state index contributed by atoms with van der Waals surface area (Å²) in [6.45, 7) is 11.7. The van der Waals surface area contributed by atoms with Crippen molar-refractivity contribution in [1.82, 2.24) is 4.90 Å². The van der Waals surface area contributed by atoms with Crippen molar-refractivity contribution in [3.05, 3.63) is 0 Å². The molecule has 1 heterocycles. The third kappa shape index (κ3) is 2.91. The number of hydrogen-bond donors (Lipinski definition) is 0. The molecule has 0 bridgehead atoms. The first-order valence-corrected chi connectivity index (χ1v) is 6.82. The summed E-state index contributed by atoms with van der Waals surface area (Å²) >= 11 is 0. The van der Waals surface area contributed by atoms with Crippen LogP contribution in [0.15, 0.2) is 0 Å². The van der Waals surface area contributed by atoms with Crippen LogP contribution in [-0.2, 0) is 0 Å². The lowest BCUT2D eigenvalue weighted by Gasteiger charge is -2.47. The Balaban J connectivity index is 2.65. The van der Waals surface area contributed by atoms with Crippen LogP contribution in [0.3, 0.4) is 0 Å². The van der Waals surface area contributed by atoms with E-state index in [0.717, 1.165) is 11.8 Å². The van der Waals surface area contributed by atoms with Crippen LogP contribution in [0.5, 0.6) is 0 Å². The number of nitrogens with zero attached hydrogens (tertiary/aromatic N) is 1. The lowest BCUT2D eigenvalue weighted by molar-refractivity contribution is 0.124. The average molecular weight is 233 g/mol. The second-order valence-corrected chi connectivity index (χ2v) is 8.13. The molecule has 0 aromatic carbocycles. The Hall–Kier alpha value is 0.820. The van der Waals surface area contributed by atoms with Crippen molar-refractivity contribution in [1.29, 1.82) is 0 Å². The summed E-state index contributed by atoms with van der Waals surface area (Å²) < 4.78 is 0. The van der Waals surface area contributed by atoms with Gasteiger partial charge < -0.3 is 0 Å². The monoisotopic (exact) mass is 233 g/mol. The molecule has 1 nitrogen and oxygen atoms in total. The lowest BCUT2D eigenvalue weighted by Crippen LogP contribution is -2.50. The molecule has 0 N–H and O–H groups in total. The maximum atomic E-state index is 3.06. The van der Waals surface area contributed by atoms with Crippen LogP contribution in [0, 0.1) is 11.8 Å². The van der Waals surface area contributed by atoms with Gasteiger partial charge in [0.05, 0.1) is 0 Å². The fraction of sp³-hybridized carbons (Fsp3) is 1.00. The smallest absolute Gasteiger partial charge is 0.0150 e. The molecule has 0 spiro atoms. The molecule has 3 atom stereocenters. The fourth-order valence-corrected chi connectivity index (χ4v) is 4.09. The van der Waals surface area contributed by atoms with Crippen LogP contribution in [0.25, 0.3) is 0 Å². The summed E-state index contributed by atoms with van der Waals surface area (Å²) in [6.07, 6.45) is 1.34. The molecular weight excluding hydrogens is 208 g/mol. The zero-order valence-electron chi connectivity index (χ0n) is 9.96. The van der Waals surface area contributed by atoms with E-state index in [4.69, 9.17) is 0 Å². The van der Waals surface area contributed by atoms with Crippen molar-refractivity contribution in [2.45, 2.75) is 45.1 Å². The van der Waals surface area contributed by atoms with E-state index in [2.05, 4.69) is 51.1 Å². The van der Waals surface area contributed by atoms with Crippen molar-refractivity contribution >= 4 is 18.5 Å². The average Bonchev–Trinajstić information content (AvgIpc) is 2.01. The highest BCUT2D eigenvalue weighted by Gasteiger charge is 2.38. The first kappa shape index (κ1) is 12.9. The lowest BCUT2D eigenvalue weighted by atomic mass is 9.85. The number of rotatable bonds is 2.